The van der Waals surface area contributed by atoms with Crippen LogP contribution in [-0.4, -0.2) is 43.5 Å². The topological polar surface area (TPSA) is 106 Å². The highest BCUT2D eigenvalue weighted by atomic mass is 35.5. The number of carbonyl (C=O) groups is 2. The molecule has 9 heteroatoms. The lowest BCUT2D eigenvalue weighted by atomic mass is 10.2. The smallest absolute Gasteiger partial charge is 0.341 e. The molecule has 2 aromatic carbocycles. The zero-order chi connectivity index (χ0) is 21.2. The van der Waals surface area contributed by atoms with Gasteiger partial charge in [0.25, 0.3) is 5.91 Å². The van der Waals surface area contributed by atoms with Gasteiger partial charge in [0, 0.05) is 16.1 Å². The number of aliphatic carboxylic acids is 1. The van der Waals surface area contributed by atoms with E-state index in [1.165, 1.54) is 31.5 Å². The Hall–Kier alpha value is -3.52. The number of amides is 1. The molecule has 2 rings (SSSR count). The van der Waals surface area contributed by atoms with Gasteiger partial charge in [0.05, 0.1) is 13.3 Å². The van der Waals surface area contributed by atoms with Crippen molar-refractivity contribution in [2.24, 2.45) is 5.10 Å². The van der Waals surface area contributed by atoms with Gasteiger partial charge >= 0.3 is 5.97 Å². The van der Waals surface area contributed by atoms with Crippen LogP contribution in [0.25, 0.3) is 0 Å². The Kier molecular flexibility index (Phi) is 8.05. The Balaban J connectivity index is 2.10. The summed E-state index contributed by atoms with van der Waals surface area (Å²) < 4.78 is 15.8. The summed E-state index contributed by atoms with van der Waals surface area (Å²) in [7, 11) is 1.47. The molecule has 0 unspecified atom stereocenters. The fourth-order valence-electron chi connectivity index (χ4n) is 2.19. The Morgan fingerprint density at radius 2 is 1.93 bits per heavy atom. The number of benzene rings is 2. The SMILES string of the molecule is C=CCOc1ccc(C(=O)N/N=C/c2cc(Cl)ccc2OCC(=O)O)cc1OC. The van der Waals surface area contributed by atoms with E-state index in [2.05, 4.69) is 17.1 Å². The second-order valence-electron chi connectivity index (χ2n) is 5.53. The molecule has 0 radical (unpaired) electrons. The zero-order valence-electron chi connectivity index (χ0n) is 15.6. The van der Waals surface area contributed by atoms with Crippen LogP contribution >= 0.6 is 11.6 Å². The molecule has 2 N–H and O–H groups in total. The van der Waals surface area contributed by atoms with Crippen molar-refractivity contribution >= 4 is 29.7 Å². The number of hydrazone groups is 1. The van der Waals surface area contributed by atoms with Crippen LogP contribution in [0.5, 0.6) is 17.2 Å². The van der Waals surface area contributed by atoms with Gasteiger partial charge in [-0.1, -0.05) is 24.3 Å². The number of rotatable bonds is 10. The van der Waals surface area contributed by atoms with E-state index in [9.17, 15) is 9.59 Å². The summed E-state index contributed by atoms with van der Waals surface area (Å²) in [6.07, 6.45) is 2.90. The summed E-state index contributed by atoms with van der Waals surface area (Å²) in [6, 6.07) is 9.29. The fraction of sp³-hybridized carbons (Fsp3) is 0.150. The van der Waals surface area contributed by atoms with Crippen LogP contribution in [0.4, 0.5) is 0 Å². The van der Waals surface area contributed by atoms with Gasteiger partial charge < -0.3 is 19.3 Å². The number of carbonyl (C=O) groups excluding carboxylic acids is 1. The lowest BCUT2D eigenvalue weighted by molar-refractivity contribution is -0.139. The van der Waals surface area contributed by atoms with Crippen molar-refractivity contribution in [3.05, 3.63) is 65.2 Å². The number of carboxylic acid groups (broad SMARTS) is 1. The highest BCUT2D eigenvalue weighted by Gasteiger charge is 2.11. The average Bonchev–Trinajstić information content (AvgIpc) is 2.71. The Labute approximate surface area is 172 Å². The molecule has 8 nitrogen and oxygen atoms in total. The van der Waals surface area contributed by atoms with Gasteiger partial charge in [-0.3, -0.25) is 4.79 Å². The van der Waals surface area contributed by atoms with Crippen molar-refractivity contribution in [1.29, 1.82) is 0 Å². The van der Waals surface area contributed by atoms with Crippen molar-refractivity contribution in [2.75, 3.05) is 20.3 Å². The zero-order valence-corrected chi connectivity index (χ0v) is 16.3. The summed E-state index contributed by atoms with van der Waals surface area (Å²) in [6.45, 7) is 3.36. The number of hydrogen-bond donors (Lipinski definition) is 2. The van der Waals surface area contributed by atoms with Gasteiger partial charge in [0.15, 0.2) is 18.1 Å². The van der Waals surface area contributed by atoms with E-state index in [1.807, 2.05) is 0 Å². The van der Waals surface area contributed by atoms with E-state index >= 15 is 0 Å². The van der Waals surface area contributed by atoms with Gasteiger partial charge in [0.1, 0.15) is 12.4 Å². The molecular formula is C20H19ClN2O6. The summed E-state index contributed by atoms with van der Waals surface area (Å²) >= 11 is 5.95. The third-order valence-electron chi connectivity index (χ3n) is 3.48. The third-order valence-corrected chi connectivity index (χ3v) is 3.71. The largest absolute Gasteiger partial charge is 0.493 e. The highest BCUT2D eigenvalue weighted by molar-refractivity contribution is 6.30. The summed E-state index contributed by atoms with van der Waals surface area (Å²) in [4.78, 5) is 23.0. The summed E-state index contributed by atoms with van der Waals surface area (Å²) in [5, 5.41) is 13.0. The predicted molar refractivity (Wildman–Crippen MR) is 108 cm³/mol. The second-order valence-corrected chi connectivity index (χ2v) is 5.97. The minimum Gasteiger partial charge on any atom is -0.493 e. The van der Waals surface area contributed by atoms with E-state index in [-0.39, 0.29) is 5.75 Å². The molecule has 0 bridgehead atoms. The molecule has 0 atom stereocenters. The van der Waals surface area contributed by atoms with Gasteiger partial charge in [-0.25, -0.2) is 10.2 Å². The van der Waals surface area contributed by atoms with E-state index < -0.39 is 18.5 Å². The monoisotopic (exact) mass is 418 g/mol. The normalized spacial score (nSPS) is 10.4. The Morgan fingerprint density at radius 1 is 1.17 bits per heavy atom. The van der Waals surface area contributed by atoms with Crippen molar-refractivity contribution in [3.8, 4) is 17.2 Å². The van der Waals surface area contributed by atoms with Crippen LogP contribution in [-0.2, 0) is 4.79 Å². The third kappa shape index (κ3) is 6.54. The quantitative estimate of drug-likeness (QED) is 0.349. The molecular weight excluding hydrogens is 400 g/mol. The second kappa shape index (κ2) is 10.7. The maximum absolute atomic E-state index is 12.3. The summed E-state index contributed by atoms with van der Waals surface area (Å²) in [5.41, 5.74) is 3.09. The molecule has 1 amide bonds. The molecule has 152 valence electrons. The van der Waals surface area contributed by atoms with Crippen LogP contribution in [0.3, 0.4) is 0 Å². The first kappa shape index (κ1) is 21.8. The number of nitrogens with zero attached hydrogens (tertiary/aromatic N) is 1. The van der Waals surface area contributed by atoms with Crippen LogP contribution < -0.4 is 19.6 Å². The molecule has 0 fully saturated rings. The maximum Gasteiger partial charge on any atom is 0.341 e. The van der Waals surface area contributed by atoms with E-state index in [0.29, 0.717) is 34.3 Å². The number of nitrogens with one attached hydrogen (secondary N) is 1. The standard InChI is InChI=1S/C20H19ClN2O6/c1-3-8-28-17-6-4-13(10-18(17)27-2)20(26)23-22-11-14-9-15(21)5-7-16(14)29-12-19(24)25/h3-7,9-11H,1,8,12H2,2H3,(H,23,26)(H,24,25)/b22-11+. The van der Waals surface area contributed by atoms with Crippen molar-refractivity contribution < 1.29 is 28.9 Å². The van der Waals surface area contributed by atoms with Crippen LogP contribution in [0.2, 0.25) is 5.02 Å². The van der Waals surface area contributed by atoms with Crippen LogP contribution in [0, 0.1) is 0 Å². The molecule has 0 saturated carbocycles. The minimum absolute atomic E-state index is 0.264. The van der Waals surface area contributed by atoms with Gasteiger partial charge in [-0.15, -0.1) is 0 Å². The van der Waals surface area contributed by atoms with Crippen LogP contribution in [0.1, 0.15) is 15.9 Å². The molecule has 0 saturated heterocycles. The van der Waals surface area contributed by atoms with E-state index in [1.54, 1.807) is 24.3 Å². The Bertz CT molecular complexity index is 929. The number of hydrogen-bond acceptors (Lipinski definition) is 6. The van der Waals surface area contributed by atoms with Crippen molar-refractivity contribution in [3.63, 3.8) is 0 Å². The Morgan fingerprint density at radius 3 is 2.62 bits per heavy atom. The average molecular weight is 419 g/mol. The minimum atomic E-state index is -1.12. The van der Waals surface area contributed by atoms with Gasteiger partial charge in [-0.05, 0) is 36.4 Å². The van der Waals surface area contributed by atoms with Crippen molar-refractivity contribution in [1.82, 2.24) is 5.43 Å². The highest BCUT2D eigenvalue weighted by Crippen LogP contribution is 2.28. The number of carboxylic acids is 1. The lowest BCUT2D eigenvalue weighted by Gasteiger charge is -2.10. The molecule has 2 aromatic rings. The van der Waals surface area contributed by atoms with E-state index in [0.717, 1.165) is 0 Å². The van der Waals surface area contributed by atoms with Crippen LogP contribution in [0.15, 0.2) is 54.2 Å². The number of halogens is 1. The maximum atomic E-state index is 12.3. The van der Waals surface area contributed by atoms with Gasteiger partial charge in [0.2, 0.25) is 0 Å². The molecule has 0 heterocycles. The number of methoxy groups -OCH3 is 1. The fourth-order valence-corrected chi connectivity index (χ4v) is 2.37. The number of ether oxygens (including phenoxy) is 3. The summed E-state index contributed by atoms with van der Waals surface area (Å²) in [5.74, 6) is -0.468. The first-order valence-electron chi connectivity index (χ1n) is 8.34. The first-order valence-corrected chi connectivity index (χ1v) is 8.71. The molecule has 0 aromatic heterocycles. The van der Waals surface area contributed by atoms with E-state index in [4.69, 9.17) is 30.9 Å². The molecule has 0 aliphatic carbocycles. The first-order chi connectivity index (χ1) is 13.9. The van der Waals surface area contributed by atoms with Crippen molar-refractivity contribution in [2.45, 2.75) is 0 Å². The molecule has 0 spiro atoms. The predicted octanol–water partition coefficient (Wildman–Crippen LogP) is 3.14. The molecule has 0 aliphatic heterocycles. The molecule has 0 aliphatic rings. The lowest BCUT2D eigenvalue weighted by Crippen LogP contribution is -2.18. The van der Waals surface area contributed by atoms with Gasteiger partial charge in [-0.2, -0.15) is 5.10 Å². The molecule has 29 heavy (non-hydrogen) atoms.